The maximum atomic E-state index is 12.9. The third-order valence-electron chi connectivity index (χ3n) is 4.36. The van der Waals surface area contributed by atoms with E-state index in [-0.39, 0.29) is 17.1 Å². The predicted octanol–water partition coefficient (Wildman–Crippen LogP) is 3.63. The van der Waals surface area contributed by atoms with Gasteiger partial charge in [-0.1, -0.05) is 6.08 Å². The van der Waals surface area contributed by atoms with Gasteiger partial charge in [-0.15, -0.1) is 0 Å². The minimum absolute atomic E-state index is 0.00111. The van der Waals surface area contributed by atoms with Gasteiger partial charge in [-0.3, -0.25) is 0 Å². The first-order valence-electron chi connectivity index (χ1n) is 7.37. The molecule has 132 valence electrons. The molecule has 2 heterocycles. The SMILES string of the molecule is CC1(C)OB(C(=Cc2cc(C(F)(F)F)cnc2N)CS)OC1(C)C. The largest absolute Gasteiger partial charge is 0.491 e. The molecule has 4 nitrogen and oxygen atoms in total. The number of pyridine rings is 1. The van der Waals surface area contributed by atoms with Crippen molar-refractivity contribution >= 4 is 31.6 Å². The van der Waals surface area contributed by atoms with E-state index in [1.165, 1.54) is 6.08 Å². The number of hydrogen-bond acceptors (Lipinski definition) is 5. The van der Waals surface area contributed by atoms with Gasteiger partial charge in [0.15, 0.2) is 0 Å². The molecule has 2 rings (SSSR count). The van der Waals surface area contributed by atoms with Crippen LogP contribution in [0.1, 0.15) is 38.8 Å². The van der Waals surface area contributed by atoms with Gasteiger partial charge in [0.1, 0.15) is 5.82 Å². The first-order valence-corrected chi connectivity index (χ1v) is 8.00. The molecule has 0 bridgehead atoms. The van der Waals surface area contributed by atoms with Crippen molar-refractivity contribution in [1.82, 2.24) is 4.98 Å². The zero-order chi connectivity index (χ0) is 18.3. The number of rotatable bonds is 3. The Kier molecular flexibility index (Phi) is 5.00. The molecule has 0 aliphatic carbocycles. The van der Waals surface area contributed by atoms with E-state index in [2.05, 4.69) is 17.6 Å². The second-order valence-electron chi connectivity index (χ2n) is 6.66. The van der Waals surface area contributed by atoms with Crippen LogP contribution < -0.4 is 5.73 Å². The molecule has 24 heavy (non-hydrogen) atoms. The standard InChI is InChI=1S/C15H20BF3N2O2S/c1-13(2)14(3,4)23-16(22-13)11(8-24)6-9-5-10(15(17,18)19)7-21-12(9)20/h5-7,24H,8H2,1-4H3,(H2,20,21). The second-order valence-corrected chi connectivity index (χ2v) is 6.98. The molecule has 2 N–H and O–H groups in total. The molecule has 1 aliphatic rings. The Balaban J connectivity index is 2.39. The highest BCUT2D eigenvalue weighted by atomic mass is 32.1. The quantitative estimate of drug-likeness (QED) is 0.639. The topological polar surface area (TPSA) is 57.4 Å². The molecular weight excluding hydrogens is 340 g/mol. The van der Waals surface area contributed by atoms with Crippen molar-refractivity contribution in [2.75, 3.05) is 11.5 Å². The highest BCUT2D eigenvalue weighted by molar-refractivity contribution is 7.80. The Labute approximate surface area is 145 Å². The third kappa shape index (κ3) is 3.73. The summed E-state index contributed by atoms with van der Waals surface area (Å²) in [6.07, 6.45) is -2.29. The van der Waals surface area contributed by atoms with Crippen molar-refractivity contribution in [2.24, 2.45) is 0 Å². The van der Waals surface area contributed by atoms with Crippen LogP contribution in [0, 0.1) is 0 Å². The van der Waals surface area contributed by atoms with Crippen LogP contribution >= 0.6 is 12.6 Å². The molecule has 0 spiro atoms. The van der Waals surface area contributed by atoms with Crippen LogP contribution in [0.2, 0.25) is 0 Å². The number of anilines is 1. The summed E-state index contributed by atoms with van der Waals surface area (Å²) in [4.78, 5) is 3.62. The fraction of sp³-hybridized carbons (Fsp3) is 0.533. The van der Waals surface area contributed by atoms with Crippen LogP contribution in [0.15, 0.2) is 17.7 Å². The van der Waals surface area contributed by atoms with E-state index >= 15 is 0 Å². The van der Waals surface area contributed by atoms with Gasteiger partial charge in [0.25, 0.3) is 0 Å². The summed E-state index contributed by atoms with van der Waals surface area (Å²) in [6.45, 7) is 7.57. The molecule has 0 atom stereocenters. The van der Waals surface area contributed by atoms with E-state index in [0.717, 1.165) is 6.07 Å². The number of halogens is 3. The molecule has 1 aliphatic heterocycles. The van der Waals surface area contributed by atoms with E-state index in [0.29, 0.717) is 11.7 Å². The van der Waals surface area contributed by atoms with Crippen LogP contribution in [0.3, 0.4) is 0 Å². The number of hydrogen-bond donors (Lipinski definition) is 2. The zero-order valence-corrected chi connectivity index (χ0v) is 14.8. The normalized spacial score (nSPS) is 20.5. The Morgan fingerprint density at radius 2 is 1.83 bits per heavy atom. The highest BCUT2D eigenvalue weighted by Crippen LogP contribution is 2.39. The van der Waals surface area contributed by atoms with Crippen molar-refractivity contribution in [1.29, 1.82) is 0 Å². The third-order valence-corrected chi connectivity index (χ3v) is 4.72. The van der Waals surface area contributed by atoms with Crippen molar-refractivity contribution in [3.05, 3.63) is 28.9 Å². The van der Waals surface area contributed by atoms with E-state index in [1.807, 2.05) is 27.7 Å². The summed E-state index contributed by atoms with van der Waals surface area (Å²) >= 11 is 4.24. The van der Waals surface area contributed by atoms with Gasteiger partial charge in [0.05, 0.1) is 16.8 Å². The lowest BCUT2D eigenvalue weighted by Crippen LogP contribution is -2.41. The summed E-state index contributed by atoms with van der Waals surface area (Å²) in [5.41, 5.74) is 4.46. The summed E-state index contributed by atoms with van der Waals surface area (Å²) < 4.78 is 50.4. The maximum absolute atomic E-state index is 12.9. The molecule has 0 aromatic carbocycles. The van der Waals surface area contributed by atoms with Crippen LogP contribution in [0.25, 0.3) is 6.08 Å². The monoisotopic (exact) mass is 360 g/mol. The number of nitrogen functional groups attached to an aromatic ring is 1. The van der Waals surface area contributed by atoms with Crippen molar-refractivity contribution in [2.45, 2.75) is 45.1 Å². The first-order chi connectivity index (χ1) is 10.9. The van der Waals surface area contributed by atoms with Crippen molar-refractivity contribution in [3.63, 3.8) is 0 Å². The lowest BCUT2D eigenvalue weighted by atomic mass is 9.78. The highest BCUT2D eigenvalue weighted by Gasteiger charge is 2.52. The van der Waals surface area contributed by atoms with E-state index < -0.39 is 30.1 Å². The summed E-state index contributed by atoms with van der Waals surface area (Å²) in [7, 11) is -0.707. The molecule has 1 aromatic rings. The molecule has 0 amide bonds. The van der Waals surface area contributed by atoms with Crippen LogP contribution in [-0.4, -0.2) is 29.1 Å². The molecule has 1 fully saturated rings. The predicted molar refractivity (Wildman–Crippen MR) is 91.6 cm³/mol. The molecule has 9 heteroatoms. The maximum Gasteiger partial charge on any atom is 0.491 e. The van der Waals surface area contributed by atoms with Crippen molar-refractivity contribution < 1.29 is 22.5 Å². The first kappa shape index (κ1) is 19.1. The van der Waals surface area contributed by atoms with Gasteiger partial charge in [-0.2, -0.15) is 25.8 Å². The van der Waals surface area contributed by atoms with E-state index in [1.54, 1.807) is 0 Å². The van der Waals surface area contributed by atoms with Gasteiger partial charge in [-0.25, -0.2) is 4.98 Å². The van der Waals surface area contributed by atoms with Gasteiger partial charge >= 0.3 is 13.3 Å². The number of alkyl halides is 3. The zero-order valence-electron chi connectivity index (χ0n) is 13.9. The Hall–Kier alpha value is -1.19. The average Bonchev–Trinajstić information content (AvgIpc) is 2.65. The van der Waals surface area contributed by atoms with E-state index in [4.69, 9.17) is 15.0 Å². The fourth-order valence-electron chi connectivity index (χ4n) is 2.15. The Morgan fingerprint density at radius 1 is 1.29 bits per heavy atom. The van der Waals surface area contributed by atoms with Crippen molar-refractivity contribution in [3.8, 4) is 0 Å². The number of nitrogens with zero attached hydrogens (tertiary/aromatic N) is 1. The lowest BCUT2D eigenvalue weighted by Gasteiger charge is -2.32. The van der Waals surface area contributed by atoms with Crippen LogP contribution in [0.4, 0.5) is 19.0 Å². The van der Waals surface area contributed by atoms with Gasteiger partial charge in [-0.05, 0) is 39.2 Å². The van der Waals surface area contributed by atoms with Gasteiger partial charge < -0.3 is 15.0 Å². The molecule has 0 unspecified atom stereocenters. The molecule has 0 radical (unpaired) electrons. The fourth-order valence-corrected chi connectivity index (χ4v) is 2.39. The minimum atomic E-state index is -4.49. The summed E-state index contributed by atoms with van der Waals surface area (Å²) in [5.74, 6) is 0.241. The smallest absolute Gasteiger partial charge is 0.400 e. The molecular formula is C15H20BF3N2O2S. The van der Waals surface area contributed by atoms with Gasteiger partial charge in [0, 0.05) is 17.5 Å². The van der Waals surface area contributed by atoms with Gasteiger partial charge in [0.2, 0.25) is 0 Å². The molecule has 0 saturated carbocycles. The number of nitrogens with two attached hydrogens (primary N) is 1. The Bertz CT molecular complexity index is 647. The summed E-state index contributed by atoms with van der Waals surface area (Å²) in [6, 6.07) is 0.955. The van der Waals surface area contributed by atoms with Crippen LogP contribution in [-0.2, 0) is 15.5 Å². The summed E-state index contributed by atoms with van der Waals surface area (Å²) in [5, 5.41) is 0. The number of thiol groups is 1. The molecule has 1 saturated heterocycles. The minimum Gasteiger partial charge on any atom is -0.400 e. The Morgan fingerprint density at radius 3 is 2.29 bits per heavy atom. The molecule has 1 aromatic heterocycles. The van der Waals surface area contributed by atoms with E-state index in [9.17, 15) is 13.2 Å². The van der Waals surface area contributed by atoms with Crippen LogP contribution in [0.5, 0.6) is 0 Å². The lowest BCUT2D eigenvalue weighted by molar-refractivity contribution is -0.137. The number of aromatic nitrogens is 1. The average molecular weight is 360 g/mol. The second kappa shape index (κ2) is 6.27.